The minimum atomic E-state index is 0.585. The van der Waals surface area contributed by atoms with Crippen molar-refractivity contribution in [2.75, 3.05) is 39.3 Å². The molecule has 2 aromatic carbocycles. The fraction of sp³-hybridized carbons (Fsp3) is 0.381. The molecule has 0 unspecified atom stereocenters. The third-order valence-electron chi connectivity index (χ3n) is 4.22. The molecule has 0 radical (unpaired) electrons. The standard InChI is InChI=1S/C21H27N3O4/c1-4-26-17-9-7-16(13-19(17)25-3)24-21(22-2)23-14-15-6-8-18-20(12-15)28-11-5-10-27-18/h6-9,12-13H,4-5,10-11,14H2,1-3H3,(H2,22,23,24). The van der Waals surface area contributed by atoms with E-state index in [2.05, 4.69) is 15.6 Å². The number of aliphatic imine (C=N–C) groups is 1. The van der Waals surface area contributed by atoms with Crippen LogP contribution in [0.3, 0.4) is 0 Å². The summed E-state index contributed by atoms with van der Waals surface area (Å²) < 4.78 is 22.4. The number of fused-ring (bicyclic) bond motifs is 1. The quantitative estimate of drug-likeness (QED) is 0.586. The first kappa shape index (κ1) is 19.7. The number of guanidine groups is 1. The van der Waals surface area contributed by atoms with Gasteiger partial charge in [0.25, 0.3) is 0 Å². The van der Waals surface area contributed by atoms with Gasteiger partial charge in [0.05, 0.1) is 26.9 Å². The van der Waals surface area contributed by atoms with Crippen LogP contribution >= 0.6 is 0 Å². The normalized spacial score (nSPS) is 13.5. The summed E-state index contributed by atoms with van der Waals surface area (Å²) >= 11 is 0. The Morgan fingerprint density at radius 3 is 2.64 bits per heavy atom. The van der Waals surface area contributed by atoms with Crippen molar-refractivity contribution >= 4 is 11.6 Å². The molecule has 0 amide bonds. The van der Waals surface area contributed by atoms with Crippen molar-refractivity contribution in [2.45, 2.75) is 19.9 Å². The van der Waals surface area contributed by atoms with Crippen LogP contribution in [-0.2, 0) is 6.54 Å². The fourth-order valence-corrected chi connectivity index (χ4v) is 2.84. The lowest BCUT2D eigenvalue weighted by Crippen LogP contribution is -2.30. The number of ether oxygens (including phenoxy) is 4. The van der Waals surface area contributed by atoms with Gasteiger partial charge < -0.3 is 29.6 Å². The largest absolute Gasteiger partial charge is 0.493 e. The van der Waals surface area contributed by atoms with E-state index >= 15 is 0 Å². The van der Waals surface area contributed by atoms with Crippen molar-refractivity contribution in [1.82, 2.24) is 5.32 Å². The number of nitrogens with one attached hydrogen (secondary N) is 2. The van der Waals surface area contributed by atoms with Gasteiger partial charge in [-0.1, -0.05) is 6.07 Å². The summed E-state index contributed by atoms with van der Waals surface area (Å²) in [6.45, 7) is 4.49. The first-order valence-corrected chi connectivity index (χ1v) is 9.40. The van der Waals surface area contributed by atoms with Gasteiger partial charge in [-0.3, -0.25) is 4.99 Å². The third-order valence-corrected chi connectivity index (χ3v) is 4.22. The van der Waals surface area contributed by atoms with Crippen molar-refractivity contribution in [1.29, 1.82) is 0 Å². The highest BCUT2D eigenvalue weighted by atomic mass is 16.5. The molecule has 7 heteroatoms. The summed E-state index contributed by atoms with van der Waals surface area (Å²) in [4.78, 5) is 4.28. The molecule has 0 bridgehead atoms. The Kier molecular flexibility index (Phi) is 6.84. The van der Waals surface area contributed by atoms with Crippen molar-refractivity contribution in [3.05, 3.63) is 42.0 Å². The average molecular weight is 385 g/mol. The Morgan fingerprint density at radius 2 is 1.89 bits per heavy atom. The van der Waals surface area contributed by atoms with Crippen LogP contribution in [0.15, 0.2) is 41.4 Å². The molecule has 28 heavy (non-hydrogen) atoms. The summed E-state index contributed by atoms with van der Waals surface area (Å²) in [7, 11) is 3.36. The SMILES string of the molecule is CCOc1ccc(NC(=NC)NCc2ccc3c(c2)OCCCO3)cc1OC. The molecule has 0 aliphatic carbocycles. The third kappa shape index (κ3) is 5.00. The van der Waals surface area contributed by atoms with E-state index in [9.17, 15) is 0 Å². The van der Waals surface area contributed by atoms with E-state index in [1.807, 2.05) is 43.3 Å². The molecule has 7 nitrogen and oxygen atoms in total. The minimum Gasteiger partial charge on any atom is -0.493 e. The molecule has 0 atom stereocenters. The number of nitrogens with zero attached hydrogens (tertiary/aromatic N) is 1. The van der Waals surface area contributed by atoms with Crippen LogP contribution in [0.1, 0.15) is 18.9 Å². The average Bonchev–Trinajstić information content (AvgIpc) is 2.97. The number of hydrogen-bond donors (Lipinski definition) is 2. The highest BCUT2D eigenvalue weighted by molar-refractivity contribution is 5.93. The molecule has 3 rings (SSSR count). The van der Waals surface area contributed by atoms with Crippen LogP contribution < -0.4 is 29.6 Å². The van der Waals surface area contributed by atoms with Crippen LogP contribution in [0.5, 0.6) is 23.0 Å². The van der Waals surface area contributed by atoms with E-state index in [-0.39, 0.29) is 0 Å². The van der Waals surface area contributed by atoms with Gasteiger partial charge in [0.2, 0.25) is 0 Å². The minimum absolute atomic E-state index is 0.585. The van der Waals surface area contributed by atoms with E-state index in [1.54, 1.807) is 14.2 Å². The van der Waals surface area contributed by atoms with Crippen molar-refractivity contribution in [3.8, 4) is 23.0 Å². The van der Waals surface area contributed by atoms with Crippen LogP contribution in [0, 0.1) is 0 Å². The second kappa shape index (κ2) is 9.73. The molecule has 1 aliphatic rings. The van der Waals surface area contributed by atoms with Crippen LogP contribution in [0.4, 0.5) is 5.69 Å². The van der Waals surface area contributed by atoms with Crippen LogP contribution in [0.2, 0.25) is 0 Å². The smallest absolute Gasteiger partial charge is 0.195 e. The fourth-order valence-electron chi connectivity index (χ4n) is 2.84. The van der Waals surface area contributed by atoms with Crippen LogP contribution in [-0.4, -0.2) is 39.9 Å². The van der Waals surface area contributed by atoms with E-state index in [4.69, 9.17) is 18.9 Å². The summed E-state index contributed by atoms with van der Waals surface area (Å²) in [5.74, 6) is 3.62. The lowest BCUT2D eigenvalue weighted by atomic mass is 10.2. The summed E-state index contributed by atoms with van der Waals surface area (Å²) in [6.07, 6.45) is 0.893. The predicted octanol–water partition coefficient (Wildman–Crippen LogP) is 3.44. The molecule has 0 fully saturated rings. The number of rotatable bonds is 6. The second-order valence-corrected chi connectivity index (χ2v) is 6.18. The van der Waals surface area contributed by atoms with Gasteiger partial charge in [-0.2, -0.15) is 0 Å². The van der Waals surface area contributed by atoms with Gasteiger partial charge >= 0.3 is 0 Å². The molecule has 2 N–H and O–H groups in total. The zero-order valence-corrected chi connectivity index (χ0v) is 16.6. The molecule has 1 heterocycles. The summed E-state index contributed by atoms with van der Waals surface area (Å²) in [5.41, 5.74) is 1.93. The number of anilines is 1. The van der Waals surface area contributed by atoms with Crippen molar-refractivity contribution in [3.63, 3.8) is 0 Å². The second-order valence-electron chi connectivity index (χ2n) is 6.18. The molecule has 150 valence electrons. The molecule has 1 aliphatic heterocycles. The maximum atomic E-state index is 5.75. The van der Waals surface area contributed by atoms with E-state index in [0.29, 0.717) is 43.8 Å². The molecule has 2 aromatic rings. The van der Waals surface area contributed by atoms with Gasteiger partial charge in [0.1, 0.15) is 0 Å². The van der Waals surface area contributed by atoms with Gasteiger partial charge in [-0.05, 0) is 36.8 Å². The number of methoxy groups -OCH3 is 1. The monoisotopic (exact) mass is 385 g/mol. The van der Waals surface area contributed by atoms with E-state index in [1.165, 1.54) is 0 Å². The summed E-state index contributed by atoms with van der Waals surface area (Å²) in [5, 5.41) is 6.57. The zero-order valence-electron chi connectivity index (χ0n) is 16.6. The Morgan fingerprint density at radius 1 is 1.07 bits per heavy atom. The van der Waals surface area contributed by atoms with Gasteiger partial charge in [0, 0.05) is 31.8 Å². The Labute approximate surface area is 165 Å². The highest BCUT2D eigenvalue weighted by Crippen LogP contribution is 2.31. The Balaban J connectivity index is 1.63. The molecule has 0 spiro atoms. The Hall–Kier alpha value is -3.09. The van der Waals surface area contributed by atoms with Gasteiger partial charge in [-0.15, -0.1) is 0 Å². The molecular weight excluding hydrogens is 358 g/mol. The lowest BCUT2D eigenvalue weighted by Gasteiger charge is -2.15. The number of benzene rings is 2. The maximum Gasteiger partial charge on any atom is 0.195 e. The number of hydrogen-bond acceptors (Lipinski definition) is 5. The molecule has 0 saturated heterocycles. The Bertz CT molecular complexity index is 823. The van der Waals surface area contributed by atoms with E-state index in [0.717, 1.165) is 29.2 Å². The molecular formula is C21H27N3O4. The van der Waals surface area contributed by atoms with Crippen molar-refractivity contribution < 1.29 is 18.9 Å². The first-order chi connectivity index (χ1) is 13.7. The lowest BCUT2D eigenvalue weighted by molar-refractivity contribution is 0.297. The molecule has 0 aromatic heterocycles. The maximum absolute atomic E-state index is 5.75. The van der Waals surface area contributed by atoms with E-state index < -0.39 is 0 Å². The highest BCUT2D eigenvalue weighted by Gasteiger charge is 2.11. The topological polar surface area (TPSA) is 73.3 Å². The summed E-state index contributed by atoms with van der Waals surface area (Å²) in [6, 6.07) is 11.7. The molecule has 0 saturated carbocycles. The van der Waals surface area contributed by atoms with Gasteiger partial charge in [0.15, 0.2) is 29.0 Å². The zero-order chi connectivity index (χ0) is 19.8. The van der Waals surface area contributed by atoms with Crippen LogP contribution in [0.25, 0.3) is 0 Å². The first-order valence-electron chi connectivity index (χ1n) is 9.40. The van der Waals surface area contributed by atoms with Gasteiger partial charge in [-0.25, -0.2) is 0 Å². The van der Waals surface area contributed by atoms with Crippen molar-refractivity contribution in [2.24, 2.45) is 4.99 Å². The predicted molar refractivity (Wildman–Crippen MR) is 110 cm³/mol.